The first-order valence-electron chi connectivity index (χ1n) is 14.4. The zero-order valence-electron chi connectivity index (χ0n) is 24.6. The van der Waals surface area contributed by atoms with Crippen molar-refractivity contribution in [2.45, 2.75) is 77.5 Å². The Labute approximate surface area is 238 Å². The fraction of sp³-hybridized carbons (Fsp3) is 0.471. The lowest BCUT2D eigenvalue weighted by Gasteiger charge is -2.34. The molecule has 1 aliphatic heterocycles. The van der Waals surface area contributed by atoms with Crippen molar-refractivity contribution in [2.75, 3.05) is 14.2 Å². The number of carboxylic acids is 1. The molecule has 0 saturated heterocycles. The molecule has 3 aromatic rings. The van der Waals surface area contributed by atoms with Crippen molar-refractivity contribution in [3.8, 4) is 22.8 Å². The average molecular weight is 543 g/mol. The number of benzene rings is 2. The summed E-state index contributed by atoms with van der Waals surface area (Å²) in [5.41, 5.74) is 6.94. The SMILES string of the molecule is COc1cc(-c2ccc(C3CCc4ccc([C@H](C5CC5)[C@H](C)C(=O)O)cc4O3)c(CN(C)C(C)(C)C)c2)ccn1. The van der Waals surface area contributed by atoms with Crippen LogP contribution in [0.2, 0.25) is 0 Å². The van der Waals surface area contributed by atoms with Crippen molar-refractivity contribution in [2.24, 2.45) is 11.8 Å². The molecule has 1 aromatic heterocycles. The molecule has 6 nitrogen and oxygen atoms in total. The summed E-state index contributed by atoms with van der Waals surface area (Å²) < 4.78 is 12.1. The van der Waals surface area contributed by atoms with E-state index >= 15 is 0 Å². The Balaban J connectivity index is 1.48. The molecule has 6 heteroatoms. The van der Waals surface area contributed by atoms with Crippen LogP contribution in [0.5, 0.6) is 11.6 Å². The molecule has 2 aromatic carbocycles. The lowest BCUT2D eigenvalue weighted by molar-refractivity contribution is -0.142. The number of rotatable bonds is 9. The Bertz CT molecular complexity index is 1370. The van der Waals surface area contributed by atoms with Crippen molar-refractivity contribution < 1.29 is 19.4 Å². The summed E-state index contributed by atoms with van der Waals surface area (Å²) in [6, 6.07) is 17.0. The molecule has 0 radical (unpaired) electrons. The van der Waals surface area contributed by atoms with E-state index in [-0.39, 0.29) is 17.6 Å². The maximum atomic E-state index is 11.9. The minimum Gasteiger partial charge on any atom is -0.485 e. The Hall–Kier alpha value is -3.38. The van der Waals surface area contributed by atoms with Crippen molar-refractivity contribution >= 4 is 5.97 Å². The molecule has 1 fully saturated rings. The number of hydrogen-bond donors (Lipinski definition) is 1. The van der Waals surface area contributed by atoms with Gasteiger partial charge in [0.25, 0.3) is 0 Å². The number of methoxy groups -OCH3 is 1. The molecule has 1 N–H and O–H groups in total. The molecule has 2 aliphatic rings. The first kappa shape index (κ1) is 28.2. The summed E-state index contributed by atoms with van der Waals surface area (Å²) in [6.45, 7) is 9.32. The minimum absolute atomic E-state index is 0.0146. The number of aryl methyl sites for hydroxylation is 1. The molecule has 1 saturated carbocycles. The average Bonchev–Trinajstić information content (AvgIpc) is 3.77. The van der Waals surface area contributed by atoms with Gasteiger partial charge in [-0.2, -0.15) is 0 Å². The Morgan fingerprint density at radius 3 is 2.52 bits per heavy atom. The van der Waals surface area contributed by atoms with E-state index in [4.69, 9.17) is 9.47 Å². The minimum atomic E-state index is -0.729. The quantitative estimate of drug-likeness (QED) is 0.307. The predicted molar refractivity (Wildman–Crippen MR) is 158 cm³/mol. The number of aromatic nitrogens is 1. The fourth-order valence-corrected chi connectivity index (χ4v) is 5.82. The first-order chi connectivity index (χ1) is 19.0. The highest BCUT2D eigenvalue weighted by atomic mass is 16.5. The van der Waals surface area contributed by atoms with Gasteiger partial charge in [-0.15, -0.1) is 0 Å². The molecule has 2 heterocycles. The Morgan fingerprint density at radius 2 is 1.85 bits per heavy atom. The van der Waals surface area contributed by atoms with Crippen LogP contribution in [0.1, 0.15) is 81.2 Å². The summed E-state index contributed by atoms with van der Waals surface area (Å²) in [7, 11) is 3.80. The number of aliphatic carboxylic acids is 1. The lowest BCUT2D eigenvalue weighted by Crippen LogP contribution is -2.37. The molecule has 0 amide bonds. The lowest BCUT2D eigenvalue weighted by atomic mass is 9.82. The molecular formula is C34H42N2O4. The molecule has 212 valence electrons. The molecule has 1 unspecified atom stereocenters. The highest BCUT2D eigenvalue weighted by Crippen LogP contribution is 2.48. The number of pyridine rings is 1. The van der Waals surface area contributed by atoms with Gasteiger partial charge in [-0.05, 0) is 117 Å². The van der Waals surface area contributed by atoms with Crippen LogP contribution in [0.3, 0.4) is 0 Å². The zero-order valence-corrected chi connectivity index (χ0v) is 24.6. The van der Waals surface area contributed by atoms with Crippen LogP contribution in [0.15, 0.2) is 54.7 Å². The smallest absolute Gasteiger partial charge is 0.306 e. The second-order valence-corrected chi connectivity index (χ2v) is 12.5. The molecule has 0 spiro atoms. The van der Waals surface area contributed by atoms with E-state index in [0.717, 1.165) is 54.7 Å². The standard InChI is InChI=1S/C34H42N2O4/c1-21(33(37)38)32(23-8-9-23)26-10-7-22-12-14-29(40-30(22)18-26)28-13-11-24(25-15-16-35-31(19-25)39-6)17-27(28)20-36(5)34(2,3)4/h7,10-11,13,15-19,21,23,29,32H,8-9,12,14,20H2,1-6H3,(H,37,38)/t21-,29?,32-/m0/s1. The third kappa shape index (κ3) is 6.02. The van der Waals surface area contributed by atoms with Crippen LogP contribution < -0.4 is 9.47 Å². The molecule has 0 bridgehead atoms. The third-order valence-electron chi connectivity index (χ3n) is 8.80. The summed E-state index contributed by atoms with van der Waals surface area (Å²) in [6.07, 6.45) is 5.75. The summed E-state index contributed by atoms with van der Waals surface area (Å²) >= 11 is 0. The number of nitrogens with zero attached hydrogens (tertiary/aromatic N) is 2. The Kier molecular flexibility index (Phi) is 7.92. The fourth-order valence-electron chi connectivity index (χ4n) is 5.82. The highest BCUT2D eigenvalue weighted by Gasteiger charge is 2.39. The number of hydrogen-bond acceptors (Lipinski definition) is 5. The third-order valence-corrected chi connectivity index (χ3v) is 8.80. The second kappa shape index (κ2) is 11.2. The Morgan fingerprint density at radius 1 is 1.10 bits per heavy atom. The summed E-state index contributed by atoms with van der Waals surface area (Å²) in [4.78, 5) is 18.5. The van der Waals surface area contributed by atoms with Crippen LogP contribution in [-0.2, 0) is 17.8 Å². The maximum absolute atomic E-state index is 11.9. The molecule has 5 rings (SSSR count). The van der Waals surface area contributed by atoms with E-state index in [2.05, 4.69) is 74.1 Å². The van der Waals surface area contributed by atoms with E-state index < -0.39 is 11.9 Å². The van der Waals surface area contributed by atoms with E-state index in [0.29, 0.717) is 11.8 Å². The van der Waals surface area contributed by atoms with E-state index in [1.165, 1.54) is 16.7 Å². The zero-order chi connectivity index (χ0) is 28.6. The second-order valence-electron chi connectivity index (χ2n) is 12.5. The van der Waals surface area contributed by atoms with Crippen LogP contribution in [0.4, 0.5) is 0 Å². The number of fused-ring (bicyclic) bond motifs is 1. The van der Waals surface area contributed by atoms with Gasteiger partial charge < -0.3 is 14.6 Å². The van der Waals surface area contributed by atoms with Crippen molar-refractivity contribution in [1.29, 1.82) is 0 Å². The van der Waals surface area contributed by atoms with Gasteiger partial charge >= 0.3 is 5.97 Å². The van der Waals surface area contributed by atoms with Crippen LogP contribution in [0.25, 0.3) is 11.1 Å². The maximum Gasteiger partial charge on any atom is 0.306 e. The van der Waals surface area contributed by atoms with Crippen molar-refractivity contribution in [3.05, 3.63) is 77.0 Å². The summed E-state index contributed by atoms with van der Waals surface area (Å²) in [5, 5.41) is 9.77. The molecule has 40 heavy (non-hydrogen) atoms. The first-order valence-corrected chi connectivity index (χ1v) is 14.4. The van der Waals surface area contributed by atoms with Gasteiger partial charge in [-0.25, -0.2) is 4.98 Å². The van der Waals surface area contributed by atoms with Crippen molar-refractivity contribution in [1.82, 2.24) is 9.88 Å². The van der Waals surface area contributed by atoms with Gasteiger partial charge in [0.2, 0.25) is 5.88 Å². The monoisotopic (exact) mass is 542 g/mol. The highest BCUT2D eigenvalue weighted by molar-refractivity contribution is 5.71. The van der Waals surface area contributed by atoms with E-state index in [1.54, 1.807) is 13.3 Å². The largest absolute Gasteiger partial charge is 0.485 e. The molecular weight excluding hydrogens is 500 g/mol. The number of carbonyl (C=O) groups is 1. The number of ether oxygens (including phenoxy) is 2. The predicted octanol–water partition coefficient (Wildman–Crippen LogP) is 7.27. The van der Waals surface area contributed by atoms with Gasteiger partial charge in [0.15, 0.2) is 0 Å². The number of carboxylic acid groups (broad SMARTS) is 1. The van der Waals surface area contributed by atoms with Crippen LogP contribution in [-0.4, -0.2) is 40.7 Å². The van der Waals surface area contributed by atoms with Crippen molar-refractivity contribution in [3.63, 3.8) is 0 Å². The molecule has 1 aliphatic carbocycles. The summed E-state index contributed by atoms with van der Waals surface area (Å²) in [5.74, 6) is 0.827. The molecule has 3 atom stereocenters. The van der Waals surface area contributed by atoms with E-state index in [1.807, 2.05) is 19.1 Å². The van der Waals surface area contributed by atoms with Gasteiger partial charge in [0, 0.05) is 24.3 Å². The van der Waals surface area contributed by atoms with Gasteiger partial charge in [0.1, 0.15) is 11.9 Å². The normalized spacial score (nSPS) is 18.5. The van der Waals surface area contributed by atoms with Gasteiger partial charge in [-0.1, -0.05) is 31.2 Å². The van der Waals surface area contributed by atoms with Crippen LogP contribution in [0, 0.1) is 11.8 Å². The van der Waals surface area contributed by atoms with E-state index in [9.17, 15) is 9.90 Å². The van der Waals surface area contributed by atoms with Crippen LogP contribution >= 0.6 is 0 Å². The van der Waals surface area contributed by atoms with Gasteiger partial charge in [0.05, 0.1) is 13.0 Å². The topological polar surface area (TPSA) is 71.9 Å². The van der Waals surface area contributed by atoms with Gasteiger partial charge in [-0.3, -0.25) is 9.69 Å².